The molecule has 2 aromatic rings. The van der Waals surface area contributed by atoms with Gasteiger partial charge in [-0.15, -0.1) is 0 Å². The summed E-state index contributed by atoms with van der Waals surface area (Å²) in [6.07, 6.45) is -3.92. The zero-order valence-electron chi connectivity index (χ0n) is 17.3. The van der Waals surface area contributed by atoms with E-state index in [9.17, 15) is 31.5 Å². The number of carboxylic acid groups (broad SMARTS) is 1. The predicted molar refractivity (Wildman–Crippen MR) is 112 cm³/mol. The van der Waals surface area contributed by atoms with E-state index < -0.39 is 39.7 Å². The first-order chi connectivity index (χ1) is 15.0. The van der Waals surface area contributed by atoms with Gasteiger partial charge in [0, 0.05) is 31.4 Å². The van der Waals surface area contributed by atoms with Crippen molar-refractivity contribution in [1.82, 2.24) is 4.31 Å². The molecule has 1 saturated heterocycles. The molecule has 1 heterocycles. The molecular formula is C22H23F3N2O4S. The van der Waals surface area contributed by atoms with E-state index in [-0.39, 0.29) is 17.9 Å². The van der Waals surface area contributed by atoms with E-state index in [0.29, 0.717) is 30.8 Å². The minimum absolute atomic E-state index is 0.147. The number of nitrogens with zero attached hydrogens (tertiary/aromatic N) is 2. The minimum Gasteiger partial charge on any atom is -0.481 e. The lowest BCUT2D eigenvalue weighted by Gasteiger charge is -2.40. The molecule has 10 heteroatoms. The second kappa shape index (κ2) is 8.08. The average Bonchev–Trinajstić information content (AvgIpc) is 3.17. The number of anilines is 1. The molecule has 4 rings (SSSR count). The van der Waals surface area contributed by atoms with Gasteiger partial charge in [0.15, 0.2) is 0 Å². The molecule has 1 N–H and O–H groups in total. The summed E-state index contributed by atoms with van der Waals surface area (Å²) in [7, 11) is -3.85. The third-order valence-corrected chi connectivity index (χ3v) is 8.31. The van der Waals surface area contributed by atoms with Gasteiger partial charge in [-0.1, -0.05) is 12.1 Å². The van der Waals surface area contributed by atoms with Crippen molar-refractivity contribution < 1.29 is 31.5 Å². The first kappa shape index (κ1) is 22.6. The molecule has 0 spiro atoms. The van der Waals surface area contributed by atoms with Gasteiger partial charge in [0.05, 0.1) is 16.4 Å². The van der Waals surface area contributed by atoms with E-state index in [1.54, 1.807) is 19.1 Å². The number of piperazine rings is 1. The van der Waals surface area contributed by atoms with Gasteiger partial charge in [-0.05, 0) is 61.2 Å². The van der Waals surface area contributed by atoms with Crippen LogP contribution in [-0.4, -0.2) is 49.5 Å². The summed E-state index contributed by atoms with van der Waals surface area (Å²) in [5.41, 5.74) is 1.19. The van der Waals surface area contributed by atoms with E-state index in [1.165, 1.54) is 22.5 Å². The normalized spacial score (nSPS) is 22.1. The van der Waals surface area contributed by atoms with Crippen molar-refractivity contribution in [3.05, 3.63) is 59.2 Å². The summed E-state index contributed by atoms with van der Waals surface area (Å²) in [6, 6.07) is 9.36. The number of hydrogen-bond acceptors (Lipinski definition) is 4. The smallest absolute Gasteiger partial charge is 0.416 e. The molecule has 0 bridgehead atoms. The molecule has 6 nitrogen and oxygen atoms in total. The van der Waals surface area contributed by atoms with Crippen LogP contribution in [0.1, 0.15) is 23.6 Å². The second-order valence-electron chi connectivity index (χ2n) is 8.29. The topological polar surface area (TPSA) is 77.9 Å². The molecule has 2 aromatic carbocycles. The highest BCUT2D eigenvalue weighted by molar-refractivity contribution is 7.89. The Kier molecular flexibility index (Phi) is 5.70. The Morgan fingerprint density at radius 1 is 1.06 bits per heavy atom. The average molecular weight is 468 g/mol. The maximum absolute atomic E-state index is 13.5. The number of fused-ring (bicyclic) bond motifs is 1. The van der Waals surface area contributed by atoms with Crippen LogP contribution in [-0.2, 0) is 33.8 Å². The van der Waals surface area contributed by atoms with Gasteiger partial charge in [0.2, 0.25) is 10.0 Å². The van der Waals surface area contributed by atoms with E-state index in [2.05, 4.69) is 0 Å². The van der Waals surface area contributed by atoms with Crippen molar-refractivity contribution in [3.63, 3.8) is 0 Å². The molecule has 172 valence electrons. The Hall–Kier alpha value is -2.59. The fraction of sp³-hybridized carbons (Fsp3) is 0.409. The second-order valence-corrected chi connectivity index (χ2v) is 10.2. The summed E-state index contributed by atoms with van der Waals surface area (Å²) in [4.78, 5) is 13.4. The van der Waals surface area contributed by atoms with Crippen LogP contribution in [0.3, 0.4) is 0 Å². The number of carbonyl (C=O) groups is 1. The number of carboxylic acids is 1. The highest BCUT2D eigenvalue weighted by Gasteiger charge is 2.38. The molecule has 0 saturated carbocycles. The number of aliphatic carboxylic acids is 1. The van der Waals surface area contributed by atoms with E-state index in [4.69, 9.17) is 0 Å². The molecule has 1 aliphatic carbocycles. The molecule has 0 aromatic heterocycles. The molecule has 2 atom stereocenters. The van der Waals surface area contributed by atoms with Gasteiger partial charge < -0.3 is 10.0 Å². The van der Waals surface area contributed by atoms with Gasteiger partial charge in [-0.2, -0.15) is 17.5 Å². The zero-order chi connectivity index (χ0) is 23.3. The van der Waals surface area contributed by atoms with Crippen molar-refractivity contribution >= 4 is 21.7 Å². The van der Waals surface area contributed by atoms with E-state index >= 15 is 0 Å². The fourth-order valence-corrected chi connectivity index (χ4v) is 6.45. The number of benzene rings is 2. The summed E-state index contributed by atoms with van der Waals surface area (Å²) in [5.74, 6) is -1.57. The molecular weight excluding hydrogens is 445 g/mol. The first-order valence-corrected chi connectivity index (χ1v) is 11.7. The standard InChI is InChI=1S/C22H23F3N2O4S/c1-14-13-26(18-7-5-17(6-8-18)22(23,24)25)9-10-27(14)32(30,31)20-4-2-3-15-11-16(21(28)29)12-19(15)20/h2-8,14,16H,9-13H2,1H3,(H,28,29)/t14-,16?/m0/s1. The molecule has 1 fully saturated rings. The molecule has 0 amide bonds. The lowest BCUT2D eigenvalue weighted by molar-refractivity contribution is -0.141. The van der Waals surface area contributed by atoms with E-state index in [0.717, 1.165) is 17.7 Å². The molecule has 1 aliphatic heterocycles. The highest BCUT2D eigenvalue weighted by Crippen LogP contribution is 2.35. The Morgan fingerprint density at radius 2 is 1.75 bits per heavy atom. The molecule has 2 aliphatic rings. The number of hydrogen-bond donors (Lipinski definition) is 1. The number of rotatable bonds is 4. The first-order valence-electron chi connectivity index (χ1n) is 10.3. The van der Waals surface area contributed by atoms with E-state index in [1.807, 2.05) is 4.90 Å². The summed E-state index contributed by atoms with van der Waals surface area (Å²) >= 11 is 0. The SMILES string of the molecule is C[C@H]1CN(c2ccc(C(F)(F)F)cc2)CCN1S(=O)(=O)c1cccc2c1CC(C(=O)O)C2. The van der Waals surface area contributed by atoms with Crippen molar-refractivity contribution in [2.24, 2.45) is 5.92 Å². The van der Waals surface area contributed by atoms with Crippen molar-refractivity contribution in [2.75, 3.05) is 24.5 Å². The maximum atomic E-state index is 13.5. The van der Waals surface area contributed by atoms with Crippen LogP contribution in [0.5, 0.6) is 0 Å². The largest absolute Gasteiger partial charge is 0.481 e. The summed E-state index contributed by atoms with van der Waals surface area (Å²) in [5, 5.41) is 9.34. The van der Waals surface area contributed by atoms with Gasteiger partial charge in [-0.3, -0.25) is 4.79 Å². The minimum atomic E-state index is -4.41. The Labute approximate surface area is 184 Å². The monoisotopic (exact) mass is 468 g/mol. The zero-order valence-corrected chi connectivity index (χ0v) is 18.2. The van der Waals surface area contributed by atoms with Crippen LogP contribution in [0.25, 0.3) is 0 Å². The molecule has 1 unspecified atom stereocenters. The van der Waals surface area contributed by atoms with Gasteiger partial charge in [-0.25, -0.2) is 8.42 Å². The Bertz CT molecular complexity index is 1130. The van der Waals surface area contributed by atoms with Crippen LogP contribution in [0, 0.1) is 5.92 Å². The van der Waals surface area contributed by atoms with Crippen LogP contribution < -0.4 is 4.90 Å². The fourth-order valence-electron chi connectivity index (χ4n) is 4.55. The van der Waals surface area contributed by atoms with Crippen LogP contribution >= 0.6 is 0 Å². The number of sulfonamides is 1. The van der Waals surface area contributed by atoms with Crippen LogP contribution in [0.15, 0.2) is 47.4 Å². The Balaban J connectivity index is 1.53. The van der Waals surface area contributed by atoms with Crippen molar-refractivity contribution in [3.8, 4) is 0 Å². The quantitative estimate of drug-likeness (QED) is 0.744. The van der Waals surface area contributed by atoms with Crippen molar-refractivity contribution in [2.45, 2.75) is 36.9 Å². The summed E-state index contributed by atoms with van der Waals surface area (Å²) < 4.78 is 66.8. The molecule has 0 radical (unpaired) electrons. The van der Waals surface area contributed by atoms with Crippen LogP contribution in [0.4, 0.5) is 18.9 Å². The van der Waals surface area contributed by atoms with Crippen LogP contribution in [0.2, 0.25) is 0 Å². The Morgan fingerprint density at radius 3 is 2.34 bits per heavy atom. The summed E-state index contributed by atoms with van der Waals surface area (Å²) in [6.45, 7) is 2.60. The van der Waals surface area contributed by atoms with Gasteiger partial charge in [0.25, 0.3) is 0 Å². The maximum Gasteiger partial charge on any atom is 0.416 e. The highest BCUT2D eigenvalue weighted by atomic mass is 32.2. The number of alkyl halides is 3. The third-order valence-electron chi connectivity index (χ3n) is 6.21. The van der Waals surface area contributed by atoms with Crippen molar-refractivity contribution in [1.29, 1.82) is 0 Å². The third kappa shape index (κ3) is 4.09. The van der Waals surface area contributed by atoms with Gasteiger partial charge in [0.1, 0.15) is 0 Å². The predicted octanol–water partition coefficient (Wildman–Crippen LogP) is 3.40. The van der Waals surface area contributed by atoms with Gasteiger partial charge >= 0.3 is 12.1 Å². The lowest BCUT2D eigenvalue weighted by atomic mass is 10.1. The lowest BCUT2D eigenvalue weighted by Crippen LogP contribution is -2.54. The number of halogens is 3. The molecule has 32 heavy (non-hydrogen) atoms.